The highest BCUT2D eigenvalue weighted by molar-refractivity contribution is 6.06. The zero-order valence-electron chi connectivity index (χ0n) is 14.7. The van der Waals surface area contributed by atoms with Crippen LogP contribution in [-0.2, 0) is 9.59 Å². The van der Waals surface area contributed by atoms with E-state index in [-0.39, 0.29) is 17.3 Å². The summed E-state index contributed by atoms with van der Waals surface area (Å²) in [6.45, 7) is 0. The first-order valence-corrected chi connectivity index (χ1v) is 8.99. The number of nitrogens with zero attached hydrogens (tertiary/aromatic N) is 2. The maximum absolute atomic E-state index is 12.8. The minimum atomic E-state index is -0.439. The molecule has 0 spiro atoms. The molecule has 4 rings (SSSR count). The SMILES string of the molecule is CN1C2=C(C(=O)CCC2)C(c2ccc([N+](=O)[O-])cc2)C2=C1CCCC2=O. The summed E-state index contributed by atoms with van der Waals surface area (Å²) in [7, 11) is 1.95. The Bertz CT molecular complexity index is 836. The van der Waals surface area contributed by atoms with Crippen molar-refractivity contribution in [3.05, 3.63) is 62.5 Å². The molecule has 1 aromatic carbocycles. The van der Waals surface area contributed by atoms with E-state index in [0.29, 0.717) is 24.0 Å². The van der Waals surface area contributed by atoms with Crippen molar-refractivity contribution in [1.29, 1.82) is 0 Å². The lowest BCUT2D eigenvalue weighted by Gasteiger charge is -2.42. The number of hydrogen-bond donors (Lipinski definition) is 0. The van der Waals surface area contributed by atoms with Crippen LogP contribution in [0.2, 0.25) is 0 Å². The Morgan fingerprint density at radius 1 is 0.923 bits per heavy atom. The highest BCUT2D eigenvalue weighted by atomic mass is 16.6. The summed E-state index contributed by atoms with van der Waals surface area (Å²) in [4.78, 5) is 38.2. The van der Waals surface area contributed by atoms with E-state index in [2.05, 4.69) is 4.90 Å². The second-order valence-corrected chi connectivity index (χ2v) is 7.11. The maximum atomic E-state index is 12.8. The van der Waals surface area contributed by atoms with Crippen LogP contribution in [0.1, 0.15) is 50.0 Å². The minimum absolute atomic E-state index is 0.00928. The Kier molecular flexibility index (Phi) is 3.98. The third-order valence-electron chi connectivity index (χ3n) is 5.68. The van der Waals surface area contributed by atoms with Crippen LogP contribution >= 0.6 is 0 Å². The average molecular weight is 352 g/mol. The number of carbonyl (C=O) groups excluding carboxylic acids is 2. The van der Waals surface area contributed by atoms with E-state index in [0.717, 1.165) is 42.6 Å². The minimum Gasteiger partial charge on any atom is -0.351 e. The number of rotatable bonds is 2. The van der Waals surface area contributed by atoms with Gasteiger partial charge in [-0.3, -0.25) is 19.7 Å². The highest BCUT2D eigenvalue weighted by Gasteiger charge is 2.42. The van der Waals surface area contributed by atoms with Gasteiger partial charge in [-0.05, 0) is 31.2 Å². The smallest absolute Gasteiger partial charge is 0.269 e. The van der Waals surface area contributed by atoms with Crippen LogP contribution in [0, 0.1) is 10.1 Å². The van der Waals surface area contributed by atoms with Gasteiger partial charge in [-0.1, -0.05) is 12.1 Å². The van der Waals surface area contributed by atoms with Crippen LogP contribution in [0.4, 0.5) is 5.69 Å². The Morgan fingerprint density at radius 2 is 1.42 bits per heavy atom. The predicted octanol–water partition coefficient (Wildman–Crippen LogP) is 3.64. The number of carbonyl (C=O) groups is 2. The van der Waals surface area contributed by atoms with Crippen molar-refractivity contribution in [2.75, 3.05) is 7.05 Å². The van der Waals surface area contributed by atoms with Gasteiger partial charge in [0.15, 0.2) is 11.6 Å². The van der Waals surface area contributed by atoms with E-state index >= 15 is 0 Å². The lowest BCUT2D eigenvalue weighted by molar-refractivity contribution is -0.384. The predicted molar refractivity (Wildman–Crippen MR) is 95.4 cm³/mol. The molecular formula is C20H20N2O4. The second-order valence-electron chi connectivity index (χ2n) is 7.11. The summed E-state index contributed by atoms with van der Waals surface area (Å²) in [6, 6.07) is 6.28. The zero-order valence-corrected chi connectivity index (χ0v) is 14.7. The maximum Gasteiger partial charge on any atom is 0.269 e. The molecule has 26 heavy (non-hydrogen) atoms. The topological polar surface area (TPSA) is 80.5 Å². The Labute approximate surface area is 151 Å². The van der Waals surface area contributed by atoms with Gasteiger partial charge in [-0.2, -0.15) is 0 Å². The summed E-state index contributed by atoms with van der Waals surface area (Å²) in [5.41, 5.74) is 4.24. The molecule has 0 fully saturated rings. The lowest BCUT2D eigenvalue weighted by Crippen LogP contribution is -2.37. The molecule has 1 aromatic rings. The van der Waals surface area contributed by atoms with Gasteiger partial charge in [0.05, 0.1) is 4.92 Å². The van der Waals surface area contributed by atoms with Crippen molar-refractivity contribution in [2.24, 2.45) is 0 Å². The van der Waals surface area contributed by atoms with Gasteiger partial charge in [0.25, 0.3) is 5.69 Å². The number of non-ortho nitro benzene ring substituents is 1. The average Bonchev–Trinajstić information content (AvgIpc) is 2.63. The Hall–Kier alpha value is -2.76. The fraction of sp³-hybridized carbons (Fsp3) is 0.400. The summed E-state index contributed by atoms with van der Waals surface area (Å²) < 4.78 is 0. The summed E-state index contributed by atoms with van der Waals surface area (Å²) >= 11 is 0. The summed E-state index contributed by atoms with van der Waals surface area (Å²) in [6.07, 6.45) is 4.29. The highest BCUT2D eigenvalue weighted by Crippen LogP contribution is 2.48. The van der Waals surface area contributed by atoms with E-state index in [9.17, 15) is 19.7 Å². The molecule has 0 radical (unpaired) electrons. The van der Waals surface area contributed by atoms with Crippen LogP contribution in [0.3, 0.4) is 0 Å². The first kappa shape index (κ1) is 16.7. The molecule has 0 unspecified atom stereocenters. The quantitative estimate of drug-likeness (QED) is 0.600. The third kappa shape index (κ3) is 2.48. The molecule has 0 atom stereocenters. The van der Waals surface area contributed by atoms with Crippen LogP contribution in [-0.4, -0.2) is 28.4 Å². The largest absolute Gasteiger partial charge is 0.351 e. The van der Waals surface area contributed by atoms with Gasteiger partial charge in [-0.25, -0.2) is 0 Å². The van der Waals surface area contributed by atoms with Crippen LogP contribution < -0.4 is 0 Å². The van der Waals surface area contributed by atoms with Crippen LogP contribution in [0.25, 0.3) is 0 Å². The van der Waals surface area contributed by atoms with Crippen LogP contribution in [0.15, 0.2) is 46.8 Å². The monoisotopic (exact) mass is 352 g/mol. The fourth-order valence-electron chi connectivity index (χ4n) is 4.47. The van der Waals surface area contributed by atoms with E-state index < -0.39 is 10.8 Å². The number of benzene rings is 1. The molecule has 6 heteroatoms. The van der Waals surface area contributed by atoms with Crippen molar-refractivity contribution in [1.82, 2.24) is 4.90 Å². The molecule has 0 amide bonds. The zero-order chi connectivity index (χ0) is 18.4. The molecule has 0 N–H and O–H groups in total. The van der Waals surface area contributed by atoms with E-state index in [1.54, 1.807) is 12.1 Å². The third-order valence-corrected chi connectivity index (χ3v) is 5.68. The first-order valence-electron chi connectivity index (χ1n) is 8.99. The van der Waals surface area contributed by atoms with Crippen molar-refractivity contribution in [3.8, 4) is 0 Å². The van der Waals surface area contributed by atoms with Crippen LogP contribution in [0.5, 0.6) is 0 Å². The molecule has 0 saturated heterocycles. The number of nitro benzene ring substituents is 1. The second kappa shape index (κ2) is 6.20. The molecule has 0 saturated carbocycles. The molecule has 3 aliphatic rings. The van der Waals surface area contributed by atoms with Crippen molar-refractivity contribution < 1.29 is 14.5 Å². The van der Waals surface area contributed by atoms with E-state index in [4.69, 9.17) is 0 Å². The van der Waals surface area contributed by atoms with Gasteiger partial charge >= 0.3 is 0 Å². The molecule has 1 aliphatic heterocycles. The summed E-state index contributed by atoms with van der Waals surface area (Å²) in [5, 5.41) is 11.0. The summed E-state index contributed by atoms with van der Waals surface area (Å²) in [5.74, 6) is -0.213. The molecule has 0 bridgehead atoms. The van der Waals surface area contributed by atoms with E-state index in [1.807, 2.05) is 7.05 Å². The van der Waals surface area contributed by atoms with Gasteiger partial charge < -0.3 is 4.90 Å². The van der Waals surface area contributed by atoms with Gasteiger partial charge in [0, 0.05) is 60.5 Å². The molecule has 2 aliphatic carbocycles. The Balaban J connectivity index is 1.90. The molecule has 6 nitrogen and oxygen atoms in total. The van der Waals surface area contributed by atoms with E-state index in [1.165, 1.54) is 12.1 Å². The Morgan fingerprint density at radius 3 is 1.88 bits per heavy atom. The number of hydrogen-bond acceptors (Lipinski definition) is 5. The van der Waals surface area contributed by atoms with Gasteiger partial charge in [-0.15, -0.1) is 0 Å². The standard InChI is InChI=1S/C20H20N2O4/c1-21-14-4-2-6-16(23)19(14)18(20-15(21)5-3-7-17(20)24)12-8-10-13(11-9-12)22(25)26/h8-11,18H,2-7H2,1H3. The number of Topliss-reactive ketones (excluding diaryl/α,β-unsaturated/α-hetero) is 2. The fourth-order valence-corrected chi connectivity index (χ4v) is 4.47. The van der Waals surface area contributed by atoms with Crippen molar-refractivity contribution >= 4 is 17.3 Å². The molecular weight excluding hydrogens is 332 g/mol. The number of nitro groups is 1. The molecule has 1 heterocycles. The molecule has 0 aromatic heterocycles. The van der Waals surface area contributed by atoms with Crippen molar-refractivity contribution in [3.63, 3.8) is 0 Å². The molecule has 134 valence electrons. The number of ketones is 2. The number of allylic oxidation sites excluding steroid dienone is 4. The first-order chi connectivity index (χ1) is 12.5. The van der Waals surface area contributed by atoms with Gasteiger partial charge in [0.1, 0.15) is 0 Å². The van der Waals surface area contributed by atoms with Gasteiger partial charge in [0.2, 0.25) is 0 Å². The van der Waals surface area contributed by atoms with Crippen molar-refractivity contribution in [2.45, 2.75) is 44.4 Å². The normalized spacial score (nSPS) is 21.0. The lowest BCUT2D eigenvalue weighted by atomic mass is 9.71.